The number of nitrogens with zero attached hydrogens (tertiary/aromatic N) is 3. The molecule has 2 rings (SSSR count). The highest BCUT2D eigenvalue weighted by Gasteiger charge is 2.17. The number of benzene rings is 1. The zero-order valence-electron chi connectivity index (χ0n) is 12.1. The van der Waals surface area contributed by atoms with Crippen molar-refractivity contribution in [1.82, 2.24) is 14.8 Å². The summed E-state index contributed by atoms with van der Waals surface area (Å²) in [5.74, 6) is 1.16. The monoisotopic (exact) mass is 277 g/mol. The Morgan fingerprint density at radius 2 is 1.63 bits per heavy atom. The zero-order valence-corrected chi connectivity index (χ0v) is 12.9. The lowest BCUT2D eigenvalue weighted by Gasteiger charge is -2.19. The van der Waals surface area contributed by atoms with E-state index in [0.29, 0.717) is 5.28 Å². The van der Waals surface area contributed by atoms with E-state index in [4.69, 9.17) is 11.6 Å². The van der Waals surface area contributed by atoms with Gasteiger partial charge in [0.05, 0.1) is 0 Å². The van der Waals surface area contributed by atoms with E-state index in [1.807, 2.05) is 4.57 Å². The third-order valence-electron chi connectivity index (χ3n) is 3.16. The van der Waals surface area contributed by atoms with E-state index in [-0.39, 0.29) is 11.3 Å². The standard InChI is InChI=1S/C15H20ClN3/c1-10(2)13-17-18-14(16)19(13)12-8-6-11(7-9-12)15(3,4)5/h6-10H,1-5H3. The van der Waals surface area contributed by atoms with Crippen molar-refractivity contribution < 1.29 is 0 Å². The van der Waals surface area contributed by atoms with Crippen molar-refractivity contribution in [3.63, 3.8) is 0 Å². The third kappa shape index (κ3) is 2.81. The summed E-state index contributed by atoms with van der Waals surface area (Å²) >= 11 is 6.14. The molecule has 0 amide bonds. The molecule has 1 aromatic carbocycles. The molecule has 0 aliphatic heterocycles. The molecule has 2 aromatic rings. The number of rotatable bonds is 2. The summed E-state index contributed by atoms with van der Waals surface area (Å²) in [6, 6.07) is 8.41. The van der Waals surface area contributed by atoms with Gasteiger partial charge in [0.1, 0.15) is 5.82 Å². The Morgan fingerprint density at radius 1 is 1.05 bits per heavy atom. The topological polar surface area (TPSA) is 30.7 Å². The second kappa shape index (κ2) is 4.97. The lowest BCUT2D eigenvalue weighted by molar-refractivity contribution is 0.590. The van der Waals surface area contributed by atoms with E-state index in [9.17, 15) is 0 Å². The van der Waals surface area contributed by atoms with Crippen molar-refractivity contribution in [1.29, 1.82) is 0 Å². The molecule has 0 saturated heterocycles. The minimum atomic E-state index is 0.149. The SMILES string of the molecule is CC(C)c1nnc(Cl)n1-c1ccc(C(C)(C)C)cc1. The highest BCUT2D eigenvalue weighted by molar-refractivity contribution is 6.28. The highest BCUT2D eigenvalue weighted by atomic mass is 35.5. The second-order valence-electron chi connectivity index (χ2n) is 6.11. The van der Waals surface area contributed by atoms with Gasteiger partial charge in [0.2, 0.25) is 5.28 Å². The molecule has 0 N–H and O–H groups in total. The molecule has 0 spiro atoms. The molecule has 3 nitrogen and oxygen atoms in total. The summed E-state index contributed by atoms with van der Waals surface area (Å²) < 4.78 is 1.90. The first kappa shape index (κ1) is 14.1. The van der Waals surface area contributed by atoms with Crippen molar-refractivity contribution in [2.75, 3.05) is 0 Å². The maximum Gasteiger partial charge on any atom is 0.229 e. The lowest BCUT2D eigenvalue weighted by Crippen LogP contribution is -2.11. The van der Waals surface area contributed by atoms with Crippen LogP contribution in [0.2, 0.25) is 5.28 Å². The number of halogens is 1. The lowest BCUT2D eigenvalue weighted by atomic mass is 9.87. The van der Waals surface area contributed by atoms with Crippen molar-refractivity contribution in [2.45, 2.75) is 46.0 Å². The first-order chi connectivity index (χ1) is 8.80. The predicted molar refractivity (Wildman–Crippen MR) is 79.2 cm³/mol. The van der Waals surface area contributed by atoms with Crippen LogP contribution in [0.1, 0.15) is 51.9 Å². The highest BCUT2D eigenvalue weighted by Crippen LogP contribution is 2.26. The number of aromatic nitrogens is 3. The minimum absolute atomic E-state index is 0.149. The molecule has 0 unspecified atom stereocenters. The molecule has 0 atom stereocenters. The Bertz CT molecular complexity index is 562. The quantitative estimate of drug-likeness (QED) is 0.817. The fraction of sp³-hybridized carbons (Fsp3) is 0.467. The van der Waals surface area contributed by atoms with Crippen LogP contribution in [-0.4, -0.2) is 14.8 Å². The van der Waals surface area contributed by atoms with Gasteiger partial charge in [-0.05, 0) is 34.7 Å². The average Bonchev–Trinajstić information content (AvgIpc) is 2.70. The summed E-state index contributed by atoms with van der Waals surface area (Å²) in [6.07, 6.45) is 0. The molecule has 0 saturated carbocycles. The molecule has 0 bridgehead atoms. The summed E-state index contributed by atoms with van der Waals surface area (Å²) in [7, 11) is 0. The molecular weight excluding hydrogens is 258 g/mol. The summed E-state index contributed by atoms with van der Waals surface area (Å²) in [6.45, 7) is 10.8. The number of hydrogen-bond acceptors (Lipinski definition) is 2. The van der Waals surface area contributed by atoms with Crippen LogP contribution in [0.4, 0.5) is 0 Å². The third-order valence-corrected chi connectivity index (χ3v) is 3.40. The molecule has 0 radical (unpaired) electrons. The molecular formula is C15H20ClN3. The molecule has 4 heteroatoms. The van der Waals surface area contributed by atoms with E-state index >= 15 is 0 Å². The molecule has 1 aromatic heterocycles. The molecule has 19 heavy (non-hydrogen) atoms. The minimum Gasteiger partial charge on any atom is -0.270 e. The van der Waals surface area contributed by atoms with Gasteiger partial charge in [0.25, 0.3) is 0 Å². The van der Waals surface area contributed by atoms with Gasteiger partial charge < -0.3 is 0 Å². The van der Waals surface area contributed by atoms with Gasteiger partial charge in [-0.25, -0.2) is 0 Å². The fourth-order valence-electron chi connectivity index (χ4n) is 2.00. The van der Waals surface area contributed by atoms with Gasteiger partial charge in [-0.1, -0.05) is 46.8 Å². The first-order valence-electron chi connectivity index (χ1n) is 6.52. The van der Waals surface area contributed by atoms with Gasteiger partial charge in [-0.2, -0.15) is 0 Å². The molecule has 102 valence electrons. The van der Waals surface area contributed by atoms with Crippen LogP contribution >= 0.6 is 11.6 Å². The van der Waals surface area contributed by atoms with Gasteiger partial charge >= 0.3 is 0 Å². The van der Waals surface area contributed by atoms with E-state index < -0.39 is 0 Å². The largest absolute Gasteiger partial charge is 0.270 e. The van der Waals surface area contributed by atoms with Crippen LogP contribution in [0.3, 0.4) is 0 Å². The molecule has 0 fully saturated rings. The zero-order chi connectivity index (χ0) is 14.2. The van der Waals surface area contributed by atoms with Crippen molar-refractivity contribution in [3.05, 3.63) is 40.9 Å². The van der Waals surface area contributed by atoms with E-state index in [1.54, 1.807) is 0 Å². The van der Waals surface area contributed by atoms with Crippen molar-refractivity contribution in [3.8, 4) is 5.69 Å². The van der Waals surface area contributed by atoms with E-state index in [1.165, 1.54) is 5.56 Å². The summed E-state index contributed by atoms with van der Waals surface area (Å²) in [4.78, 5) is 0. The Kier molecular flexibility index (Phi) is 3.68. The number of hydrogen-bond donors (Lipinski definition) is 0. The Morgan fingerprint density at radius 3 is 2.11 bits per heavy atom. The van der Waals surface area contributed by atoms with Gasteiger partial charge in [0, 0.05) is 11.6 Å². The van der Waals surface area contributed by atoms with Crippen LogP contribution in [0.25, 0.3) is 5.69 Å². The van der Waals surface area contributed by atoms with Gasteiger partial charge in [0.15, 0.2) is 0 Å². The Balaban J connectivity index is 2.46. The summed E-state index contributed by atoms with van der Waals surface area (Å²) in [5.41, 5.74) is 2.45. The van der Waals surface area contributed by atoms with Crippen molar-refractivity contribution in [2.24, 2.45) is 0 Å². The van der Waals surface area contributed by atoms with Crippen LogP contribution in [-0.2, 0) is 5.41 Å². The molecule has 0 aliphatic carbocycles. The first-order valence-corrected chi connectivity index (χ1v) is 6.90. The van der Waals surface area contributed by atoms with Crippen LogP contribution < -0.4 is 0 Å². The predicted octanol–water partition coefficient (Wildman–Crippen LogP) is 4.34. The Hall–Kier alpha value is -1.35. The van der Waals surface area contributed by atoms with Gasteiger partial charge in [-0.15, -0.1) is 10.2 Å². The Labute approximate surface area is 119 Å². The van der Waals surface area contributed by atoms with Crippen LogP contribution in [0, 0.1) is 0 Å². The van der Waals surface area contributed by atoms with E-state index in [2.05, 4.69) is 69.1 Å². The van der Waals surface area contributed by atoms with Crippen LogP contribution in [0.5, 0.6) is 0 Å². The average molecular weight is 278 g/mol. The maximum atomic E-state index is 6.14. The normalized spacial score (nSPS) is 12.2. The fourth-order valence-corrected chi connectivity index (χ4v) is 2.22. The second-order valence-corrected chi connectivity index (χ2v) is 6.45. The van der Waals surface area contributed by atoms with E-state index in [0.717, 1.165) is 11.5 Å². The molecule has 0 aliphatic rings. The van der Waals surface area contributed by atoms with Gasteiger partial charge in [-0.3, -0.25) is 4.57 Å². The van der Waals surface area contributed by atoms with Crippen LogP contribution in [0.15, 0.2) is 24.3 Å². The maximum absolute atomic E-state index is 6.14. The summed E-state index contributed by atoms with van der Waals surface area (Å²) in [5, 5.41) is 8.52. The molecule has 1 heterocycles. The van der Waals surface area contributed by atoms with Crippen molar-refractivity contribution >= 4 is 11.6 Å². The smallest absolute Gasteiger partial charge is 0.229 e.